The first-order valence-electron chi connectivity index (χ1n) is 5.76. The van der Waals surface area contributed by atoms with Crippen LogP contribution in [-0.4, -0.2) is 33.1 Å². The number of rotatable bonds is 4. The summed E-state index contributed by atoms with van der Waals surface area (Å²) in [7, 11) is 1.83. The van der Waals surface area contributed by atoms with Crippen LogP contribution in [-0.2, 0) is 11.8 Å². The van der Waals surface area contributed by atoms with Gasteiger partial charge in [0.25, 0.3) is 0 Å². The van der Waals surface area contributed by atoms with E-state index in [0.29, 0.717) is 0 Å². The second kappa shape index (κ2) is 4.55. The van der Waals surface area contributed by atoms with Crippen molar-refractivity contribution in [2.75, 3.05) is 0 Å². The molecule has 6 nitrogen and oxygen atoms in total. The predicted octanol–water partition coefficient (Wildman–Crippen LogP) is 1.36. The molecule has 2 heterocycles. The van der Waals surface area contributed by atoms with Crippen LogP contribution in [0.25, 0.3) is 0 Å². The van der Waals surface area contributed by atoms with Crippen molar-refractivity contribution in [3.63, 3.8) is 0 Å². The molecule has 3 rings (SSSR count). The normalized spacial score (nSPS) is 25.4. The van der Waals surface area contributed by atoms with E-state index in [1.165, 1.54) is 0 Å². The van der Waals surface area contributed by atoms with Crippen LogP contribution in [0.15, 0.2) is 24.9 Å². The molecular weight excluding hydrogens is 359 g/mol. The van der Waals surface area contributed by atoms with Crippen molar-refractivity contribution in [3.05, 3.63) is 36.2 Å². The Hall–Kier alpha value is -1.51. The Labute approximate surface area is 120 Å². The van der Waals surface area contributed by atoms with E-state index in [0.717, 1.165) is 11.3 Å². The molecule has 0 spiro atoms. The number of imidazole rings is 1. The number of carboxylic acids is 1. The molecule has 0 aliphatic heterocycles. The number of halogens is 1. The van der Waals surface area contributed by atoms with Crippen LogP contribution in [0.3, 0.4) is 0 Å². The third kappa shape index (κ3) is 2.11. The molecule has 1 aliphatic carbocycles. The van der Waals surface area contributed by atoms with Crippen molar-refractivity contribution in [1.82, 2.24) is 17.5 Å². The van der Waals surface area contributed by atoms with Gasteiger partial charge in [-0.25, -0.2) is 4.98 Å². The molecule has 1 N–H and O–H groups in total. The summed E-state index contributed by atoms with van der Waals surface area (Å²) in [5.74, 6) is -1.22. The highest BCUT2D eigenvalue weighted by Crippen LogP contribution is 2.60. The van der Waals surface area contributed by atoms with E-state index in [2.05, 4.69) is 14.6 Å². The first-order chi connectivity index (χ1) is 9.11. The summed E-state index contributed by atoms with van der Waals surface area (Å²) in [6.07, 6.45) is 7.29. The Morgan fingerprint density at radius 2 is 2.26 bits per heavy atom. The highest BCUT2D eigenvalue weighted by molar-refractivity contribution is 14.2. The number of aryl methyl sites for hydroxylation is 1. The second-order valence-corrected chi connectivity index (χ2v) is 6.42. The fourth-order valence-corrected chi connectivity index (χ4v) is 3.35. The third-order valence-corrected chi connectivity index (χ3v) is 4.78. The summed E-state index contributed by atoms with van der Waals surface area (Å²) < 4.78 is 7.55. The van der Waals surface area contributed by atoms with E-state index < -0.39 is 11.9 Å². The average molecular weight is 372 g/mol. The Bertz CT molecular complexity index is 648. The van der Waals surface area contributed by atoms with Crippen LogP contribution in [0.5, 0.6) is 0 Å². The summed E-state index contributed by atoms with van der Waals surface area (Å²) >= 11 is -0.323. The first kappa shape index (κ1) is 12.5. The lowest BCUT2D eigenvalue weighted by Gasteiger charge is -1.91. The first-order valence-corrected chi connectivity index (χ1v) is 8.25. The molecule has 100 valence electrons. The summed E-state index contributed by atoms with van der Waals surface area (Å²) in [5.41, 5.74) is 1.82. The summed E-state index contributed by atoms with van der Waals surface area (Å²) in [5, 5.41) is 13.4. The molecule has 0 aromatic carbocycles. The highest BCUT2D eigenvalue weighted by atomic mass is 127. The largest absolute Gasteiger partial charge is 0.481 e. The van der Waals surface area contributed by atoms with Gasteiger partial charge in [-0.2, -0.15) is 5.10 Å². The van der Waals surface area contributed by atoms with Crippen LogP contribution in [0.2, 0.25) is 0 Å². The molecule has 19 heavy (non-hydrogen) atoms. The summed E-state index contributed by atoms with van der Waals surface area (Å²) in [6.45, 7) is 0. The summed E-state index contributed by atoms with van der Waals surface area (Å²) in [4.78, 5) is 15.7. The van der Waals surface area contributed by atoms with E-state index in [-0.39, 0.29) is 32.8 Å². The highest BCUT2D eigenvalue weighted by Gasteiger charge is 2.58. The Balaban J connectivity index is 1.92. The molecule has 1 aliphatic rings. The van der Waals surface area contributed by atoms with Gasteiger partial charge >= 0.3 is 5.97 Å². The van der Waals surface area contributed by atoms with Crippen molar-refractivity contribution >= 4 is 31.5 Å². The average Bonchev–Trinajstić information content (AvgIpc) is 2.73. The van der Waals surface area contributed by atoms with Crippen LogP contribution in [0, 0.1) is 5.92 Å². The Morgan fingerprint density at radius 1 is 1.47 bits per heavy atom. The molecule has 0 bridgehead atoms. The molecule has 0 saturated heterocycles. The number of nitrogens with zero attached hydrogens (tertiary/aromatic N) is 4. The molecule has 7 heteroatoms. The van der Waals surface area contributed by atoms with Gasteiger partial charge in [-0.1, -0.05) is 0 Å². The molecule has 1 saturated carbocycles. The molecular formula is C12H13IN4O2. The van der Waals surface area contributed by atoms with Crippen LogP contribution in [0.1, 0.15) is 23.1 Å². The monoisotopic (exact) mass is 372 g/mol. The Morgan fingerprint density at radius 3 is 2.79 bits per heavy atom. The van der Waals surface area contributed by atoms with Gasteiger partial charge in [0.1, 0.15) is 6.33 Å². The zero-order valence-electron chi connectivity index (χ0n) is 10.3. The number of hydrogen-bond acceptors (Lipinski definition) is 3. The van der Waals surface area contributed by atoms with Gasteiger partial charge in [-0.05, 0) is 31.1 Å². The van der Waals surface area contributed by atoms with Crippen molar-refractivity contribution in [3.8, 4) is 0 Å². The van der Waals surface area contributed by atoms with Crippen molar-refractivity contribution < 1.29 is 9.90 Å². The molecule has 2 aromatic rings. The van der Waals surface area contributed by atoms with Crippen molar-refractivity contribution in [2.24, 2.45) is 13.0 Å². The van der Waals surface area contributed by atoms with Gasteiger partial charge in [-0.3, -0.25) is 12.3 Å². The number of hydrogen-bond donors (Lipinski definition) is 1. The second-order valence-electron chi connectivity index (χ2n) is 4.63. The lowest BCUT2D eigenvalue weighted by atomic mass is 10.1. The third-order valence-electron chi connectivity index (χ3n) is 3.47. The number of aromatic nitrogens is 4. The van der Waals surface area contributed by atoms with E-state index in [1.54, 1.807) is 17.2 Å². The zero-order valence-corrected chi connectivity index (χ0v) is 12.4. The molecule has 0 radical (unpaired) electrons. The quantitative estimate of drug-likeness (QED) is 0.823. The van der Waals surface area contributed by atoms with E-state index in [4.69, 9.17) is 0 Å². The van der Waals surface area contributed by atoms with Gasteiger partial charge in [0.2, 0.25) is 0 Å². The Kier molecular flexibility index (Phi) is 3.00. The molecule has 2 aromatic heterocycles. The fourth-order valence-electron chi connectivity index (χ4n) is 2.57. The molecule has 0 amide bonds. The van der Waals surface area contributed by atoms with Gasteiger partial charge in [0, 0.05) is 31.3 Å². The van der Waals surface area contributed by atoms with Gasteiger partial charge in [0.05, 0.1) is 17.8 Å². The van der Waals surface area contributed by atoms with Gasteiger partial charge in [-0.15, -0.1) is 0 Å². The molecule has 3 atom stereocenters. The van der Waals surface area contributed by atoms with E-state index >= 15 is 0 Å². The number of carboxylic acid groups (broad SMARTS) is 1. The van der Waals surface area contributed by atoms with Crippen molar-refractivity contribution in [1.29, 1.82) is 0 Å². The van der Waals surface area contributed by atoms with Crippen LogP contribution < -0.4 is 0 Å². The SMILES string of the molecule is C=In1cnc(C2[C@H](C(=O)O)[C@H]2c2cnn(C)c2)c1. The van der Waals surface area contributed by atoms with Gasteiger partial charge < -0.3 is 5.11 Å². The van der Waals surface area contributed by atoms with E-state index in [9.17, 15) is 9.90 Å². The molecule has 1 fully saturated rings. The summed E-state index contributed by atoms with van der Waals surface area (Å²) in [6, 6.07) is 0. The number of aliphatic carboxylic acids is 1. The minimum atomic E-state index is -0.766. The smallest absolute Gasteiger partial charge is 0.307 e. The lowest BCUT2D eigenvalue weighted by Crippen LogP contribution is -2.00. The topological polar surface area (TPSA) is 72.9 Å². The predicted molar refractivity (Wildman–Crippen MR) is 78.6 cm³/mol. The van der Waals surface area contributed by atoms with Gasteiger partial charge in [0.15, 0.2) is 0 Å². The van der Waals surface area contributed by atoms with E-state index in [1.807, 2.05) is 22.2 Å². The van der Waals surface area contributed by atoms with Crippen LogP contribution >= 0.6 is 21.0 Å². The fraction of sp³-hybridized carbons (Fsp3) is 0.333. The molecule has 1 unspecified atom stereocenters. The maximum absolute atomic E-state index is 11.3. The van der Waals surface area contributed by atoms with Crippen LogP contribution in [0.4, 0.5) is 0 Å². The minimum absolute atomic E-state index is 0.0161. The van der Waals surface area contributed by atoms with Crippen molar-refractivity contribution in [2.45, 2.75) is 11.8 Å². The maximum Gasteiger partial charge on any atom is 0.307 e. The minimum Gasteiger partial charge on any atom is -0.481 e. The number of carbonyl (C=O) groups is 1. The zero-order chi connectivity index (χ0) is 13.6. The lowest BCUT2D eigenvalue weighted by molar-refractivity contribution is -0.138. The standard InChI is InChI=1S/C12H13IN4O2/c1-13-17-5-8(14-6-17)10-9(11(10)12(18)19)7-3-15-16(2)4-7/h3-6,9-11H,1H2,2H3,(H,18,19)/t9-,10?,11+/m0/s1. The maximum atomic E-state index is 11.3.